The van der Waals surface area contributed by atoms with Gasteiger partial charge in [-0.3, -0.25) is 18.9 Å². The van der Waals surface area contributed by atoms with Crippen molar-refractivity contribution in [3.63, 3.8) is 0 Å². The van der Waals surface area contributed by atoms with Crippen molar-refractivity contribution in [1.82, 2.24) is 24.6 Å². The lowest BCUT2D eigenvalue weighted by atomic mass is 10.00. The van der Waals surface area contributed by atoms with Crippen LogP contribution in [0.15, 0.2) is 77.2 Å². The quantitative estimate of drug-likeness (QED) is 0.167. The molecule has 1 unspecified atom stereocenters. The summed E-state index contributed by atoms with van der Waals surface area (Å²) in [5, 5.41) is 14.9. The van der Waals surface area contributed by atoms with Gasteiger partial charge >= 0.3 is 0 Å². The van der Waals surface area contributed by atoms with E-state index in [9.17, 15) is 17.9 Å². The normalized spacial score (nSPS) is 16.2. The maximum Gasteiger partial charge on any atom is 0.232 e. The van der Waals surface area contributed by atoms with Gasteiger partial charge in [0.05, 0.1) is 46.8 Å². The van der Waals surface area contributed by atoms with Crippen molar-refractivity contribution in [2.45, 2.75) is 25.3 Å². The molecule has 11 nitrogen and oxygen atoms in total. The molecule has 0 saturated carbocycles. The number of aromatic nitrogens is 3. The lowest BCUT2D eigenvalue weighted by Crippen LogP contribution is -2.25. The monoisotopic (exact) mass is 726 g/mol. The van der Waals surface area contributed by atoms with Crippen molar-refractivity contribution in [3.8, 4) is 22.6 Å². The van der Waals surface area contributed by atoms with Crippen molar-refractivity contribution in [2.24, 2.45) is 0 Å². The Labute approximate surface area is 298 Å². The number of rotatable bonds is 9. The molecule has 8 rings (SSSR count). The van der Waals surface area contributed by atoms with Gasteiger partial charge in [-0.25, -0.2) is 27.2 Å². The number of anilines is 1. The molecule has 1 aliphatic rings. The van der Waals surface area contributed by atoms with E-state index in [1.807, 2.05) is 16.5 Å². The number of likely N-dealkylation sites (tertiary alicyclic amines) is 1. The first kappa shape index (κ1) is 34.1. The Bertz CT molecular complexity index is 2630. The van der Waals surface area contributed by atoms with Crippen LogP contribution in [0, 0.1) is 11.6 Å². The Kier molecular flexibility index (Phi) is 8.46. The fourth-order valence-electron chi connectivity index (χ4n) is 7.18. The van der Waals surface area contributed by atoms with Crippen LogP contribution in [0.2, 0.25) is 0 Å². The first-order chi connectivity index (χ1) is 24.9. The SMILES string of the molecule is CNC(O)c1c(-c2ccc(F)cc2)oc2cc(N(C)S(C)(=O)=O)c(-c3ccc4nc(CN5CC[C@@H](OC)C5)n5c6cccc(F)c6cc5c4n3)cc12. The fourth-order valence-corrected chi connectivity index (χ4v) is 7.69. The Morgan fingerprint density at radius 2 is 1.85 bits per heavy atom. The number of methoxy groups -OCH3 is 1. The highest BCUT2D eigenvalue weighted by Crippen LogP contribution is 2.43. The van der Waals surface area contributed by atoms with E-state index in [4.69, 9.17) is 19.1 Å². The molecule has 3 aromatic carbocycles. The molecule has 2 atom stereocenters. The zero-order valence-corrected chi connectivity index (χ0v) is 29.7. The summed E-state index contributed by atoms with van der Waals surface area (Å²) in [4.78, 5) is 12.4. The van der Waals surface area contributed by atoms with Crippen molar-refractivity contribution in [2.75, 3.05) is 44.9 Å². The molecule has 0 spiro atoms. The fraction of sp³-hybridized carbons (Fsp3) is 0.263. The van der Waals surface area contributed by atoms with Crippen LogP contribution in [0.5, 0.6) is 0 Å². The largest absolute Gasteiger partial charge is 0.456 e. The van der Waals surface area contributed by atoms with Crippen LogP contribution < -0.4 is 9.62 Å². The molecule has 268 valence electrons. The van der Waals surface area contributed by atoms with E-state index in [-0.39, 0.29) is 17.6 Å². The lowest BCUT2D eigenvalue weighted by molar-refractivity contribution is 0.107. The number of nitrogens with zero attached hydrogens (tertiary/aromatic N) is 5. The molecule has 0 radical (unpaired) electrons. The van der Waals surface area contributed by atoms with Gasteiger partial charge < -0.3 is 14.3 Å². The minimum Gasteiger partial charge on any atom is -0.456 e. The Balaban J connectivity index is 1.38. The predicted octanol–water partition coefficient (Wildman–Crippen LogP) is 6.22. The number of aliphatic hydroxyl groups is 1. The van der Waals surface area contributed by atoms with Crippen LogP contribution in [0.1, 0.15) is 24.0 Å². The average molecular weight is 727 g/mol. The zero-order valence-electron chi connectivity index (χ0n) is 28.9. The highest BCUT2D eigenvalue weighted by Gasteiger charge is 2.28. The number of hydrogen-bond acceptors (Lipinski definition) is 9. The van der Waals surface area contributed by atoms with Crippen molar-refractivity contribution in [3.05, 3.63) is 95.8 Å². The highest BCUT2D eigenvalue weighted by molar-refractivity contribution is 7.92. The summed E-state index contributed by atoms with van der Waals surface area (Å²) < 4.78 is 70.1. The Morgan fingerprint density at radius 3 is 2.56 bits per heavy atom. The molecule has 1 saturated heterocycles. The molecule has 5 heterocycles. The number of sulfonamides is 1. The second-order valence-electron chi connectivity index (χ2n) is 13.2. The highest BCUT2D eigenvalue weighted by atomic mass is 32.2. The van der Waals surface area contributed by atoms with Crippen molar-refractivity contribution >= 4 is 54.1 Å². The number of benzene rings is 3. The van der Waals surface area contributed by atoms with Crippen LogP contribution in [0.4, 0.5) is 14.5 Å². The summed E-state index contributed by atoms with van der Waals surface area (Å²) in [5.74, 6) is 0.226. The van der Waals surface area contributed by atoms with Crippen LogP contribution in [0.3, 0.4) is 0 Å². The number of halogens is 2. The molecule has 0 aliphatic carbocycles. The molecule has 7 aromatic rings. The van der Waals surface area contributed by atoms with Gasteiger partial charge in [-0.1, -0.05) is 6.07 Å². The van der Waals surface area contributed by atoms with Gasteiger partial charge in [0.1, 0.15) is 40.5 Å². The zero-order chi connectivity index (χ0) is 36.5. The third-order valence-corrected chi connectivity index (χ3v) is 11.1. The van der Waals surface area contributed by atoms with Gasteiger partial charge in [0.25, 0.3) is 0 Å². The van der Waals surface area contributed by atoms with Crippen LogP contribution in [-0.4, -0.2) is 79.4 Å². The van der Waals surface area contributed by atoms with Crippen molar-refractivity contribution < 1.29 is 31.5 Å². The molecular formula is C38H36F2N6O5S. The van der Waals surface area contributed by atoms with Gasteiger partial charge in [-0.05, 0) is 74.1 Å². The maximum absolute atomic E-state index is 15.3. The second-order valence-corrected chi connectivity index (χ2v) is 15.2. The van der Waals surface area contributed by atoms with E-state index in [1.165, 1.54) is 25.2 Å². The molecule has 1 aliphatic heterocycles. The minimum atomic E-state index is -3.77. The number of fused-ring (bicyclic) bond motifs is 6. The number of hydrogen-bond donors (Lipinski definition) is 2. The summed E-state index contributed by atoms with van der Waals surface area (Å²) in [6.45, 7) is 2.11. The van der Waals surface area contributed by atoms with Gasteiger partial charge in [0.15, 0.2) is 0 Å². The van der Waals surface area contributed by atoms with Gasteiger partial charge in [0, 0.05) is 60.8 Å². The molecule has 0 bridgehead atoms. The molecule has 14 heteroatoms. The summed E-state index contributed by atoms with van der Waals surface area (Å²) >= 11 is 0. The molecule has 4 aromatic heterocycles. The predicted molar refractivity (Wildman–Crippen MR) is 197 cm³/mol. The van der Waals surface area contributed by atoms with E-state index in [0.29, 0.717) is 73.1 Å². The van der Waals surface area contributed by atoms with Crippen molar-refractivity contribution in [1.29, 1.82) is 0 Å². The van der Waals surface area contributed by atoms with E-state index in [1.54, 1.807) is 56.6 Å². The van der Waals surface area contributed by atoms with E-state index < -0.39 is 22.1 Å². The van der Waals surface area contributed by atoms with Gasteiger partial charge in [-0.15, -0.1) is 0 Å². The van der Waals surface area contributed by atoms with Crippen LogP contribution in [0.25, 0.3) is 61.0 Å². The third-order valence-electron chi connectivity index (χ3n) is 9.96. The van der Waals surface area contributed by atoms with E-state index in [2.05, 4.69) is 10.2 Å². The summed E-state index contributed by atoms with van der Waals surface area (Å²) in [7, 11) is 0.971. The Hall–Kier alpha value is -4.99. The average Bonchev–Trinajstić information content (AvgIpc) is 3.86. The molecular weight excluding hydrogens is 691 g/mol. The smallest absolute Gasteiger partial charge is 0.232 e. The number of nitrogens with one attached hydrogen (secondary N) is 1. The maximum atomic E-state index is 15.3. The van der Waals surface area contributed by atoms with Gasteiger partial charge in [0.2, 0.25) is 10.0 Å². The summed E-state index contributed by atoms with van der Waals surface area (Å²) in [6, 6.07) is 19.3. The molecule has 2 N–H and O–H groups in total. The first-order valence-electron chi connectivity index (χ1n) is 16.8. The third kappa shape index (κ3) is 5.76. The topological polar surface area (TPSA) is 125 Å². The van der Waals surface area contributed by atoms with E-state index >= 15 is 4.39 Å². The molecule has 1 fully saturated rings. The Morgan fingerprint density at radius 1 is 1.06 bits per heavy atom. The molecule has 0 amide bonds. The number of aliphatic hydroxyl groups excluding tert-OH is 1. The summed E-state index contributed by atoms with van der Waals surface area (Å²) in [5.41, 5.74) is 4.73. The van der Waals surface area contributed by atoms with Crippen LogP contribution >= 0.6 is 0 Å². The summed E-state index contributed by atoms with van der Waals surface area (Å²) in [6.07, 6.45) is 0.954. The first-order valence-corrected chi connectivity index (χ1v) is 18.6. The van der Waals surface area contributed by atoms with Crippen LogP contribution in [-0.2, 0) is 21.3 Å². The second kappa shape index (κ2) is 12.9. The van der Waals surface area contributed by atoms with E-state index in [0.717, 1.165) is 35.9 Å². The number of ether oxygens (including phenoxy) is 1. The minimum absolute atomic E-state index is 0.132. The standard InChI is InChI=1S/C38H36F2N6O5S/c1-41-38(47)35-26-16-25(31(44(2)52(4,48)49)18-33(26)51-37(35)21-8-10-22(39)11-9-21)28-12-13-29-36(43-28)32-17-24-27(40)6-5-7-30(24)46(32)34(42-29)20-45-15-14-23(19-45)50-3/h5-13,16-18,23,38,41,47H,14-15,19-20H2,1-4H3/t23-,38?/m1/s1. The molecule has 52 heavy (non-hydrogen) atoms. The van der Waals surface area contributed by atoms with Gasteiger partial charge in [-0.2, -0.15) is 0 Å². The number of pyridine rings is 1. The number of furan rings is 1. The lowest BCUT2D eigenvalue weighted by Gasteiger charge is -2.21.